The van der Waals surface area contributed by atoms with Crippen LogP contribution in [0.25, 0.3) is 0 Å². The molecule has 1 unspecified atom stereocenters. The fourth-order valence-corrected chi connectivity index (χ4v) is 6.82. The number of hydrogen-bond donors (Lipinski definition) is 1. The van der Waals surface area contributed by atoms with E-state index in [-0.39, 0.29) is 16.6 Å². The molecule has 1 N–H and O–H groups in total. The van der Waals surface area contributed by atoms with E-state index < -0.39 is 84.2 Å². The average Bonchev–Trinajstić information content (AvgIpc) is 3.55. The Morgan fingerprint density at radius 1 is 0.614 bits per heavy atom. The topological polar surface area (TPSA) is 105 Å². The Morgan fingerprint density at radius 2 is 1.07 bits per heavy atom. The maximum Gasteiger partial charge on any atom is 0.497 e. The molecule has 3 aromatic carbocycles. The van der Waals surface area contributed by atoms with Gasteiger partial charge in [0.1, 0.15) is 11.9 Å². The van der Waals surface area contributed by atoms with Crippen LogP contribution < -0.4 is 26.6 Å². The summed E-state index contributed by atoms with van der Waals surface area (Å²) in [5, 5.41) is 3.05. The van der Waals surface area contributed by atoms with E-state index in [1.165, 1.54) is 11.0 Å². The second-order valence-corrected chi connectivity index (χ2v) is 19.6. The van der Waals surface area contributed by atoms with Crippen LogP contribution in [-0.2, 0) is 32.7 Å². The van der Waals surface area contributed by atoms with Crippen molar-refractivity contribution in [2.45, 2.75) is 149 Å². The standard InChI is InChI=1S/C43H58B3FN2O8/c1-37(2,3)48-35(50)34(27-19-24-32(33(47)26-27)46-56-42(12,13)43(14,15)57-46)49(31-22-20-29(21-23-31)44-52-38(4,5)39(6,7)53-44)36(51)28-17-16-18-30(25-28)45-54-40(8,9)41(10,11)55-45/h16-26,34H,1-15H3,(H,48,50). The molecule has 0 aromatic heterocycles. The SMILES string of the molecule is CC(C)(C)NC(=O)C(c1ccc(B2OC(C)(C)C(C)(C)O2)c(F)c1)N(C(=O)c1cccc(B2OC(C)(C)C(C)(C)O2)c1)c1ccc(B2OC(C)(C)C(C)(C)O2)cc1. The largest absolute Gasteiger partial charge is 0.497 e. The van der Waals surface area contributed by atoms with Crippen LogP contribution in [0.2, 0.25) is 0 Å². The third-order valence-electron chi connectivity index (χ3n) is 12.4. The number of nitrogens with one attached hydrogen (secondary N) is 1. The highest BCUT2D eigenvalue weighted by Crippen LogP contribution is 2.40. The van der Waals surface area contributed by atoms with Crippen molar-refractivity contribution in [2.24, 2.45) is 0 Å². The second-order valence-electron chi connectivity index (χ2n) is 19.6. The van der Waals surface area contributed by atoms with E-state index in [0.717, 1.165) is 5.46 Å². The molecule has 2 amide bonds. The van der Waals surface area contributed by atoms with Crippen LogP contribution in [-0.4, -0.2) is 72.3 Å². The molecule has 3 aliphatic heterocycles. The maximum atomic E-state index is 16.4. The predicted octanol–water partition coefficient (Wildman–Crippen LogP) is 6.03. The summed E-state index contributed by atoms with van der Waals surface area (Å²) >= 11 is 0. The quantitative estimate of drug-likeness (QED) is 0.277. The van der Waals surface area contributed by atoms with Crippen molar-refractivity contribution in [3.63, 3.8) is 0 Å². The van der Waals surface area contributed by atoms with Gasteiger partial charge < -0.3 is 33.2 Å². The number of hydrogen-bond acceptors (Lipinski definition) is 8. The Morgan fingerprint density at radius 3 is 1.53 bits per heavy atom. The molecule has 0 spiro atoms. The number of benzene rings is 3. The summed E-state index contributed by atoms with van der Waals surface area (Å²) in [6.07, 6.45) is 0. The molecule has 304 valence electrons. The monoisotopic (exact) mass is 782 g/mol. The van der Waals surface area contributed by atoms with E-state index >= 15 is 9.18 Å². The lowest BCUT2D eigenvalue weighted by molar-refractivity contribution is -0.123. The Hall–Kier alpha value is -3.52. The van der Waals surface area contributed by atoms with E-state index in [4.69, 9.17) is 27.9 Å². The highest BCUT2D eigenvalue weighted by molar-refractivity contribution is 6.63. The van der Waals surface area contributed by atoms with E-state index in [1.54, 1.807) is 42.5 Å². The fraction of sp³-hybridized carbons (Fsp3) is 0.535. The zero-order valence-electron chi connectivity index (χ0n) is 36.3. The molecule has 57 heavy (non-hydrogen) atoms. The number of carbonyl (C=O) groups is 2. The van der Waals surface area contributed by atoms with Crippen molar-refractivity contribution >= 4 is 55.2 Å². The molecular weight excluding hydrogens is 724 g/mol. The van der Waals surface area contributed by atoms with Crippen molar-refractivity contribution in [2.75, 3.05) is 4.90 Å². The summed E-state index contributed by atoms with van der Waals surface area (Å²) in [5.74, 6) is -1.64. The van der Waals surface area contributed by atoms with Gasteiger partial charge in [0.15, 0.2) is 0 Å². The normalized spacial score (nSPS) is 22.1. The minimum Gasteiger partial charge on any atom is -0.399 e. The molecule has 0 radical (unpaired) electrons. The van der Waals surface area contributed by atoms with Crippen molar-refractivity contribution in [3.05, 3.63) is 83.7 Å². The van der Waals surface area contributed by atoms with E-state index in [0.29, 0.717) is 11.2 Å². The maximum absolute atomic E-state index is 16.4. The van der Waals surface area contributed by atoms with E-state index in [9.17, 15) is 4.79 Å². The lowest BCUT2D eigenvalue weighted by Gasteiger charge is -2.34. The van der Waals surface area contributed by atoms with Gasteiger partial charge >= 0.3 is 21.4 Å². The molecule has 3 saturated heterocycles. The van der Waals surface area contributed by atoms with Crippen LogP contribution in [0.3, 0.4) is 0 Å². The summed E-state index contributed by atoms with van der Waals surface area (Å²) in [7, 11) is -2.35. The molecule has 10 nitrogen and oxygen atoms in total. The minimum absolute atomic E-state index is 0.187. The average molecular weight is 782 g/mol. The summed E-state index contributed by atoms with van der Waals surface area (Å²) < 4.78 is 54.0. The van der Waals surface area contributed by atoms with Crippen LogP contribution in [0.4, 0.5) is 10.1 Å². The van der Waals surface area contributed by atoms with Crippen molar-refractivity contribution < 1.29 is 41.9 Å². The first kappa shape index (κ1) is 43.1. The molecule has 3 aliphatic rings. The molecule has 3 fully saturated rings. The third kappa shape index (κ3) is 8.23. The Labute approximate surface area is 339 Å². The van der Waals surface area contributed by atoms with E-state index in [2.05, 4.69) is 5.32 Å². The molecule has 3 aromatic rings. The van der Waals surface area contributed by atoms with E-state index in [1.807, 2.05) is 122 Å². The minimum atomic E-state index is -1.32. The Bertz CT molecular complexity index is 1980. The first-order valence-corrected chi connectivity index (χ1v) is 19.8. The Kier molecular flexibility index (Phi) is 10.8. The number of amides is 2. The van der Waals surface area contributed by atoms with Crippen LogP contribution in [0, 0.1) is 5.82 Å². The predicted molar refractivity (Wildman–Crippen MR) is 224 cm³/mol. The van der Waals surface area contributed by atoms with Gasteiger partial charge in [-0.2, -0.15) is 0 Å². The highest BCUT2D eigenvalue weighted by atomic mass is 19.1. The fourth-order valence-electron chi connectivity index (χ4n) is 6.82. The van der Waals surface area contributed by atoms with Gasteiger partial charge in [-0.25, -0.2) is 4.39 Å². The van der Waals surface area contributed by atoms with Gasteiger partial charge in [-0.15, -0.1) is 0 Å². The molecule has 14 heteroatoms. The number of nitrogens with zero attached hydrogens (tertiary/aromatic N) is 1. The number of rotatable bonds is 8. The lowest BCUT2D eigenvalue weighted by atomic mass is 9.77. The number of carbonyl (C=O) groups excluding carboxylic acids is 2. The van der Waals surface area contributed by atoms with Gasteiger partial charge in [0.05, 0.1) is 33.6 Å². The number of halogens is 1. The van der Waals surface area contributed by atoms with Gasteiger partial charge in [0.25, 0.3) is 5.91 Å². The molecule has 0 saturated carbocycles. The van der Waals surface area contributed by atoms with Gasteiger partial charge in [0, 0.05) is 22.3 Å². The molecule has 3 heterocycles. The van der Waals surface area contributed by atoms with Gasteiger partial charge in [-0.1, -0.05) is 36.4 Å². The summed E-state index contributed by atoms with van der Waals surface area (Å²) in [4.78, 5) is 31.2. The zero-order valence-corrected chi connectivity index (χ0v) is 36.3. The number of anilines is 1. The van der Waals surface area contributed by atoms with Crippen LogP contribution in [0.1, 0.15) is 126 Å². The van der Waals surface area contributed by atoms with Crippen LogP contribution in [0.15, 0.2) is 66.7 Å². The summed E-state index contributed by atoms with van der Waals surface area (Å²) in [6.45, 7) is 28.9. The highest BCUT2D eigenvalue weighted by Gasteiger charge is 2.54. The third-order valence-corrected chi connectivity index (χ3v) is 12.4. The van der Waals surface area contributed by atoms with Gasteiger partial charge in [-0.05, 0) is 151 Å². The van der Waals surface area contributed by atoms with Crippen molar-refractivity contribution in [1.82, 2.24) is 5.32 Å². The lowest BCUT2D eigenvalue weighted by Crippen LogP contribution is -2.50. The van der Waals surface area contributed by atoms with Crippen molar-refractivity contribution in [1.29, 1.82) is 0 Å². The molecule has 6 rings (SSSR count). The first-order valence-electron chi connectivity index (χ1n) is 19.8. The van der Waals surface area contributed by atoms with Gasteiger partial charge in [-0.3, -0.25) is 14.5 Å². The second kappa shape index (κ2) is 14.3. The summed E-state index contributed by atoms with van der Waals surface area (Å²) in [6, 6.07) is 17.3. The van der Waals surface area contributed by atoms with Gasteiger partial charge in [0.2, 0.25) is 5.91 Å². The van der Waals surface area contributed by atoms with Crippen LogP contribution in [0.5, 0.6) is 0 Å². The zero-order chi connectivity index (χ0) is 42.3. The molecule has 1 atom stereocenters. The van der Waals surface area contributed by atoms with Crippen molar-refractivity contribution in [3.8, 4) is 0 Å². The smallest absolute Gasteiger partial charge is 0.399 e. The molecule has 0 aliphatic carbocycles. The van der Waals surface area contributed by atoms with Crippen LogP contribution >= 0.6 is 0 Å². The molecule has 0 bridgehead atoms. The molecular formula is C43H58B3FN2O8. The first-order chi connectivity index (χ1) is 26.0. The summed E-state index contributed by atoms with van der Waals surface area (Å²) in [5.41, 5.74) is -1.92. The Balaban J connectivity index is 1.46.